The monoisotopic (exact) mass is 424 g/mol. The predicted molar refractivity (Wildman–Crippen MR) is 113 cm³/mol. The molecular weight excluding hydrogens is 408 g/mol. The summed E-state index contributed by atoms with van der Waals surface area (Å²) in [7, 11) is 1.34. The maximum absolute atomic E-state index is 11.7. The second kappa shape index (κ2) is 8.23. The third kappa shape index (κ3) is 4.11. The summed E-state index contributed by atoms with van der Waals surface area (Å²) in [6, 6.07) is 11.4. The van der Waals surface area contributed by atoms with Gasteiger partial charge in [-0.3, -0.25) is 4.68 Å². The van der Waals surface area contributed by atoms with Crippen molar-refractivity contribution in [2.24, 2.45) is 0 Å². The highest BCUT2D eigenvalue weighted by Crippen LogP contribution is 2.35. The molecule has 6 nitrogen and oxygen atoms in total. The summed E-state index contributed by atoms with van der Waals surface area (Å²) in [5.74, 6) is -0.452. The van der Waals surface area contributed by atoms with Crippen LogP contribution in [0.3, 0.4) is 0 Å². The molecule has 3 heterocycles. The van der Waals surface area contributed by atoms with E-state index in [2.05, 4.69) is 9.97 Å². The molecule has 3 aromatic heterocycles. The first-order chi connectivity index (χ1) is 14.1. The Morgan fingerprint density at radius 1 is 1.14 bits per heavy atom. The maximum Gasteiger partial charge on any atom is 0.356 e. The van der Waals surface area contributed by atoms with Gasteiger partial charge in [0.05, 0.1) is 17.0 Å². The van der Waals surface area contributed by atoms with E-state index in [1.807, 2.05) is 48.1 Å². The van der Waals surface area contributed by atoms with Crippen molar-refractivity contribution in [1.29, 1.82) is 0 Å². The first-order valence-electron chi connectivity index (χ1n) is 8.92. The number of nitrogens with zero attached hydrogens (tertiary/aromatic N) is 4. The molecule has 0 aliphatic heterocycles. The standard InChI is InChI=1S/C21H17ClN4O2S/c1-3-26-12-18(29-19-7-6-16(22)11-24-19)20(25-26)14-5-4-13-9-17(21(27)28-2)23-10-15(13)8-14/h4-12H,3H2,1-2H3. The Balaban J connectivity index is 1.73. The zero-order valence-electron chi connectivity index (χ0n) is 15.8. The number of rotatable bonds is 5. The molecule has 0 spiro atoms. The summed E-state index contributed by atoms with van der Waals surface area (Å²) in [4.78, 5) is 21.3. The molecule has 0 radical (unpaired) electrons. The molecule has 8 heteroatoms. The number of aromatic nitrogens is 4. The van der Waals surface area contributed by atoms with E-state index in [4.69, 9.17) is 21.4 Å². The minimum absolute atomic E-state index is 0.285. The van der Waals surface area contributed by atoms with Gasteiger partial charge in [0.25, 0.3) is 0 Å². The Hall–Kier alpha value is -2.90. The van der Waals surface area contributed by atoms with Crippen LogP contribution in [0, 0.1) is 0 Å². The van der Waals surface area contributed by atoms with Crippen molar-refractivity contribution in [2.45, 2.75) is 23.4 Å². The SMILES string of the molecule is CCn1cc(Sc2ccc(Cl)cn2)c(-c2ccc3cc(C(=O)OC)ncc3c2)n1. The minimum Gasteiger partial charge on any atom is -0.464 e. The Kier molecular flexibility index (Phi) is 5.51. The summed E-state index contributed by atoms with van der Waals surface area (Å²) in [5.41, 5.74) is 2.12. The van der Waals surface area contributed by atoms with Crippen LogP contribution in [0.25, 0.3) is 22.0 Å². The van der Waals surface area contributed by atoms with E-state index in [9.17, 15) is 4.79 Å². The quantitative estimate of drug-likeness (QED) is 0.415. The highest BCUT2D eigenvalue weighted by molar-refractivity contribution is 7.99. The molecule has 1 aromatic carbocycles. The molecule has 0 aliphatic carbocycles. The van der Waals surface area contributed by atoms with Crippen LogP contribution in [-0.2, 0) is 11.3 Å². The van der Waals surface area contributed by atoms with Crippen LogP contribution in [-0.4, -0.2) is 32.8 Å². The van der Waals surface area contributed by atoms with Gasteiger partial charge in [0, 0.05) is 36.1 Å². The fourth-order valence-corrected chi connectivity index (χ4v) is 3.89. The molecular formula is C21H17ClN4O2S. The number of halogens is 1. The van der Waals surface area contributed by atoms with Crippen molar-refractivity contribution in [3.05, 3.63) is 65.7 Å². The molecule has 0 saturated heterocycles. The number of fused-ring (bicyclic) bond motifs is 1. The van der Waals surface area contributed by atoms with Gasteiger partial charge in [0.1, 0.15) is 16.4 Å². The van der Waals surface area contributed by atoms with E-state index in [0.29, 0.717) is 5.02 Å². The van der Waals surface area contributed by atoms with Gasteiger partial charge in [-0.1, -0.05) is 35.5 Å². The zero-order chi connectivity index (χ0) is 20.4. The molecule has 0 atom stereocenters. The van der Waals surface area contributed by atoms with Crippen LogP contribution in [0.15, 0.2) is 64.9 Å². The van der Waals surface area contributed by atoms with Crippen molar-refractivity contribution < 1.29 is 9.53 Å². The average molecular weight is 425 g/mol. The van der Waals surface area contributed by atoms with Crippen LogP contribution < -0.4 is 0 Å². The summed E-state index contributed by atoms with van der Waals surface area (Å²) in [6.07, 6.45) is 5.32. The van der Waals surface area contributed by atoms with E-state index < -0.39 is 5.97 Å². The summed E-state index contributed by atoms with van der Waals surface area (Å²) in [6.45, 7) is 2.81. The maximum atomic E-state index is 11.7. The first kappa shape index (κ1) is 19.4. The van der Waals surface area contributed by atoms with Crippen LogP contribution in [0.5, 0.6) is 0 Å². The number of hydrogen-bond donors (Lipinski definition) is 0. The fourth-order valence-electron chi connectivity index (χ4n) is 2.88. The number of pyridine rings is 2. The lowest BCUT2D eigenvalue weighted by atomic mass is 10.1. The molecule has 4 rings (SSSR count). The number of hydrogen-bond acceptors (Lipinski definition) is 6. The lowest BCUT2D eigenvalue weighted by molar-refractivity contribution is 0.0594. The Labute approximate surface area is 176 Å². The van der Waals surface area contributed by atoms with Gasteiger partial charge in [0.15, 0.2) is 0 Å². The molecule has 0 unspecified atom stereocenters. The number of methoxy groups -OCH3 is 1. The highest BCUT2D eigenvalue weighted by atomic mass is 35.5. The molecule has 0 amide bonds. The van der Waals surface area contributed by atoms with E-state index in [-0.39, 0.29) is 5.69 Å². The smallest absolute Gasteiger partial charge is 0.356 e. The third-order valence-electron chi connectivity index (χ3n) is 4.36. The van der Waals surface area contributed by atoms with Crippen LogP contribution >= 0.6 is 23.4 Å². The number of carbonyl (C=O) groups is 1. The largest absolute Gasteiger partial charge is 0.464 e. The Bertz CT molecular complexity index is 1190. The number of aryl methyl sites for hydroxylation is 1. The van der Waals surface area contributed by atoms with Gasteiger partial charge in [0.2, 0.25) is 0 Å². The molecule has 29 heavy (non-hydrogen) atoms. The van der Waals surface area contributed by atoms with Crippen LogP contribution in [0.2, 0.25) is 5.02 Å². The van der Waals surface area contributed by atoms with Crippen molar-refractivity contribution >= 4 is 40.1 Å². The second-order valence-electron chi connectivity index (χ2n) is 6.24. The molecule has 0 N–H and O–H groups in total. The molecule has 0 aliphatic rings. The van der Waals surface area contributed by atoms with E-state index in [1.165, 1.54) is 18.9 Å². The summed E-state index contributed by atoms with van der Waals surface area (Å²) in [5, 5.41) is 8.00. The Morgan fingerprint density at radius 2 is 2.00 bits per heavy atom. The molecule has 0 fully saturated rings. The van der Waals surface area contributed by atoms with E-state index >= 15 is 0 Å². The minimum atomic E-state index is -0.452. The van der Waals surface area contributed by atoms with Gasteiger partial charge in [-0.25, -0.2) is 14.8 Å². The number of benzene rings is 1. The lowest BCUT2D eigenvalue weighted by Gasteiger charge is -2.05. The van der Waals surface area contributed by atoms with Gasteiger partial charge in [-0.15, -0.1) is 0 Å². The normalized spacial score (nSPS) is 11.0. The first-order valence-corrected chi connectivity index (χ1v) is 10.1. The van der Waals surface area contributed by atoms with Crippen molar-refractivity contribution in [3.63, 3.8) is 0 Å². The van der Waals surface area contributed by atoms with Gasteiger partial charge >= 0.3 is 5.97 Å². The van der Waals surface area contributed by atoms with E-state index in [1.54, 1.807) is 18.5 Å². The van der Waals surface area contributed by atoms with Crippen molar-refractivity contribution in [3.8, 4) is 11.3 Å². The van der Waals surface area contributed by atoms with Crippen LogP contribution in [0.4, 0.5) is 0 Å². The van der Waals surface area contributed by atoms with Crippen LogP contribution in [0.1, 0.15) is 17.4 Å². The third-order valence-corrected chi connectivity index (χ3v) is 5.55. The van der Waals surface area contributed by atoms with Crippen molar-refractivity contribution in [1.82, 2.24) is 19.7 Å². The molecule has 4 aromatic rings. The van der Waals surface area contributed by atoms with Crippen molar-refractivity contribution in [2.75, 3.05) is 7.11 Å². The molecule has 0 bridgehead atoms. The molecule has 146 valence electrons. The van der Waals surface area contributed by atoms with Gasteiger partial charge in [-0.2, -0.15) is 5.10 Å². The predicted octanol–water partition coefficient (Wildman–Crippen LogP) is 5.10. The summed E-state index contributed by atoms with van der Waals surface area (Å²) >= 11 is 7.48. The average Bonchev–Trinajstić information content (AvgIpc) is 3.17. The van der Waals surface area contributed by atoms with Gasteiger partial charge < -0.3 is 4.74 Å². The summed E-state index contributed by atoms with van der Waals surface area (Å²) < 4.78 is 6.64. The highest BCUT2D eigenvalue weighted by Gasteiger charge is 2.15. The fraction of sp³-hybridized carbons (Fsp3) is 0.143. The topological polar surface area (TPSA) is 69.9 Å². The Morgan fingerprint density at radius 3 is 2.72 bits per heavy atom. The second-order valence-corrected chi connectivity index (χ2v) is 7.74. The van der Waals surface area contributed by atoms with E-state index in [0.717, 1.165) is 38.5 Å². The number of esters is 1. The number of carbonyl (C=O) groups excluding carboxylic acids is 1. The lowest BCUT2D eigenvalue weighted by Crippen LogP contribution is -2.03. The number of ether oxygens (including phenoxy) is 1. The van der Waals surface area contributed by atoms with Gasteiger partial charge in [-0.05, 0) is 36.6 Å². The molecule has 0 saturated carbocycles. The zero-order valence-corrected chi connectivity index (χ0v) is 17.4.